The number of hydrogen-bond donors (Lipinski definition) is 3. The van der Waals surface area contributed by atoms with Crippen molar-refractivity contribution in [3.05, 3.63) is 35.8 Å². The van der Waals surface area contributed by atoms with Gasteiger partial charge in [-0.15, -0.1) is 10.2 Å². The number of nitrogens with zero attached hydrogens (tertiary/aromatic N) is 4. The molecule has 0 bridgehead atoms. The second kappa shape index (κ2) is 6.05. The molecule has 9 heteroatoms. The molecule has 0 amide bonds. The summed E-state index contributed by atoms with van der Waals surface area (Å²) in [6.45, 7) is 0. The van der Waals surface area contributed by atoms with E-state index in [0.29, 0.717) is 15.3 Å². The van der Waals surface area contributed by atoms with Gasteiger partial charge in [-0.05, 0) is 12.1 Å². The third-order valence-electron chi connectivity index (χ3n) is 2.78. The van der Waals surface area contributed by atoms with Gasteiger partial charge < -0.3 is 15.8 Å². The van der Waals surface area contributed by atoms with Gasteiger partial charge in [-0.1, -0.05) is 35.2 Å². The number of aliphatic hydroxyl groups excluding tert-OH is 1. The number of nitrogens with one attached hydrogen (secondary N) is 1. The molecule has 3 aromatic rings. The molecule has 0 saturated carbocycles. The van der Waals surface area contributed by atoms with E-state index in [-0.39, 0.29) is 17.1 Å². The molecule has 0 aliphatic carbocycles. The fourth-order valence-corrected chi connectivity index (χ4v) is 3.32. The maximum absolute atomic E-state index is 10.2. The van der Waals surface area contributed by atoms with Gasteiger partial charge in [0.2, 0.25) is 5.13 Å². The van der Waals surface area contributed by atoms with Gasteiger partial charge in [0.05, 0.1) is 16.8 Å². The number of aromatic amines is 1. The number of aliphatic hydroxyl groups is 1. The van der Waals surface area contributed by atoms with Crippen molar-refractivity contribution in [1.29, 1.82) is 5.26 Å². The Morgan fingerprint density at radius 3 is 2.91 bits per heavy atom. The number of thioether (sulfide) groups is 1. The first-order chi connectivity index (χ1) is 10.7. The van der Waals surface area contributed by atoms with Crippen LogP contribution in [0.4, 0.5) is 5.13 Å². The number of anilines is 1. The van der Waals surface area contributed by atoms with E-state index >= 15 is 0 Å². The van der Waals surface area contributed by atoms with Crippen LogP contribution in [-0.2, 0) is 0 Å². The molecule has 2 heterocycles. The Labute approximate surface area is 133 Å². The summed E-state index contributed by atoms with van der Waals surface area (Å²) in [5.74, 6) is 0.466. The van der Waals surface area contributed by atoms with Crippen LogP contribution in [0, 0.1) is 11.3 Å². The van der Waals surface area contributed by atoms with E-state index in [1.165, 1.54) is 23.1 Å². The van der Waals surface area contributed by atoms with Crippen LogP contribution in [0.1, 0.15) is 5.82 Å². The Morgan fingerprint density at radius 2 is 2.23 bits per heavy atom. The topological polar surface area (TPSA) is 124 Å². The molecular weight excluding hydrogens is 320 g/mol. The fraction of sp³-hybridized carbons (Fsp3) is 0.0769. The lowest BCUT2D eigenvalue weighted by molar-refractivity contribution is 0.420. The smallest absolute Gasteiger partial charge is 0.203 e. The maximum Gasteiger partial charge on any atom is 0.203 e. The molecule has 7 nitrogen and oxygen atoms in total. The number of benzene rings is 1. The van der Waals surface area contributed by atoms with Crippen molar-refractivity contribution in [3.8, 4) is 6.07 Å². The Balaban J connectivity index is 1.86. The van der Waals surface area contributed by atoms with Crippen molar-refractivity contribution in [1.82, 2.24) is 20.2 Å². The molecule has 2 aromatic heterocycles. The van der Waals surface area contributed by atoms with Gasteiger partial charge in [0, 0.05) is 0 Å². The number of rotatable bonds is 4. The SMILES string of the molecule is N#C/C(=C(/O)CSc1nnc(N)s1)c1nc2ccccc2[nH]1. The summed E-state index contributed by atoms with van der Waals surface area (Å²) >= 11 is 2.49. The Bertz CT molecular complexity index is 858. The van der Waals surface area contributed by atoms with Crippen LogP contribution in [0.2, 0.25) is 0 Å². The highest BCUT2D eigenvalue weighted by Crippen LogP contribution is 2.27. The normalized spacial score (nSPS) is 12.1. The number of aromatic nitrogens is 4. The minimum absolute atomic E-state index is 0.0691. The van der Waals surface area contributed by atoms with Gasteiger partial charge in [-0.3, -0.25) is 0 Å². The summed E-state index contributed by atoms with van der Waals surface area (Å²) in [5.41, 5.74) is 7.15. The van der Waals surface area contributed by atoms with E-state index in [2.05, 4.69) is 20.2 Å². The molecule has 0 fully saturated rings. The van der Waals surface area contributed by atoms with Crippen molar-refractivity contribution in [2.45, 2.75) is 4.34 Å². The van der Waals surface area contributed by atoms with Crippen molar-refractivity contribution < 1.29 is 5.11 Å². The minimum Gasteiger partial charge on any atom is -0.510 e. The predicted molar refractivity (Wildman–Crippen MR) is 86.3 cm³/mol. The molecule has 0 spiro atoms. The van der Waals surface area contributed by atoms with E-state index in [4.69, 9.17) is 5.73 Å². The Hall–Kier alpha value is -2.57. The first-order valence-corrected chi connectivity index (χ1v) is 7.96. The van der Waals surface area contributed by atoms with Crippen molar-refractivity contribution in [2.24, 2.45) is 0 Å². The van der Waals surface area contributed by atoms with Gasteiger partial charge in [0.1, 0.15) is 17.4 Å². The zero-order chi connectivity index (χ0) is 15.5. The molecule has 0 aliphatic heterocycles. The molecule has 22 heavy (non-hydrogen) atoms. The van der Waals surface area contributed by atoms with E-state index < -0.39 is 0 Å². The van der Waals surface area contributed by atoms with E-state index in [9.17, 15) is 10.4 Å². The quantitative estimate of drug-likeness (QED) is 0.381. The maximum atomic E-state index is 10.2. The van der Waals surface area contributed by atoms with Crippen molar-refractivity contribution >= 4 is 44.8 Å². The number of nitrogens with two attached hydrogens (primary N) is 1. The lowest BCUT2D eigenvalue weighted by Crippen LogP contribution is -1.95. The van der Waals surface area contributed by atoms with Gasteiger partial charge in [-0.25, -0.2) is 4.98 Å². The van der Waals surface area contributed by atoms with Crippen LogP contribution >= 0.6 is 23.1 Å². The summed E-state index contributed by atoms with van der Waals surface area (Å²) < 4.78 is 0.631. The zero-order valence-electron chi connectivity index (χ0n) is 11.1. The highest BCUT2D eigenvalue weighted by molar-refractivity contribution is 8.01. The van der Waals surface area contributed by atoms with Crippen molar-refractivity contribution in [3.63, 3.8) is 0 Å². The standard InChI is InChI=1S/C13H10N6OS2/c14-5-7(10(20)6-21-13-19-18-12(15)22-13)11-16-8-3-1-2-4-9(8)17-11/h1-4,20H,6H2,(H2,15,18)(H,16,17)/b10-7-. The number of nitrogen functional groups attached to an aromatic ring is 1. The van der Waals surface area contributed by atoms with Gasteiger partial charge in [0.15, 0.2) is 10.2 Å². The predicted octanol–water partition coefficient (Wildman–Crippen LogP) is 2.58. The first kappa shape index (κ1) is 14.4. The second-order valence-electron chi connectivity index (χ2n) is 4.23. The summed E-state index contributed by atoms with van der Waals surface area (Å²) in [7, 11) is 0. The van der Waals surface area contributed by atoms with Crippen LogP contribution in [0.3, 0.4) is 0 Å². The van der Waals surface area contributed by atoms with Crippen LogP contribution in [0.5, 0.6) is 0 Å². The summed E-state index contributed by atoms with van der Waals surface area (Å²) in [4.78, 5) is 7.34. The number of hydrogen-bond acceptors (Lipinski definition) is 8. The van der Waals surface area contributed by atoms with Crippen LogP contribution in [0.25, 0.3) is 16.6 Å². The van der Waals surface area contributed by atoms with Crippen LogP contribution < -0.4 is 5.73 Å². The Kier molecular flexibility index (Phi) is 3.95. The molecule has 1 aromatic carbocycles. The molecule has 110 valence electrons. The first-order valence-electron chi connectivity index (χ1n) is 6.16. The van der Waals surface area contributed by atoms with Gasteiger partial charge in [-0.2, -0.15) is 5.26 Å². The number of H-pyrrole nitrogens is 1. The van der Waals surface area contributed by atoms with Crippen LogP contribution in [-0.4, -0.2) is 31.0 Å². The van der Waals surface area contributed by atoms with E-state index in [0.717, 1.165) is 11.0 Å². The third kappa shape index (κ3) is 2.88. The molecule has 0 radical (unpaired) electrons. The average molecular weight is 330 g/mol. The lowest BCUT2D eigenvalue weighted by atomic mass is 10.2. The monoisotopic (exact) mass is 330 g/mol. The number of allylic oxidation sites excluding steroid dienone is 1. The van der Waals surface area contributed by atoms with Gasteiger partial charge in [0.25, 0.3) is 0 Å². The zero-order valence-corrected chi connectivity index (χ0v) is 12.8. The van der Waals surface area contributed by atoms with Crippen molar-refractivity contribution in [2.75, 3.05) is 11.5 Å². The fourth-order valence-electron chi connectivity index (χ4n) is 1.81. The molecular formula is C13H10N6OS2. The molecule has 3 rings (SSSR count). The molecule has 0 unspecified atom stereocenters. The lowest BCUT2D eigenvalue weighted by Gasteiger charge is -2.00. The Morgan fingerprint density at radius 1 is 1.41 bits per heavy atom. The molecule has 0 aliphatic rings. The number of para-hydroxylation sites is 2. The number of imidazole rings is 1. The van der Waals surface area contributed by atoms with E-state index in [1.54, 1.807) is 0 Å². The van der Waals surface area contributed by atoms with Gasteiger partial charge >= 0.3 is 0 Å². The summed E-state index contributed by atoms with van der Waals surface area (Å²) in [6.07, 6.45) is 0. The average Bonchev–Trinajstić information content (AvgIpc) is 3.11. The van der Waals surface area contributed by atoms with Crippen LogP contribution in [0.15, 0.2) is 34.4 Å². The number of nitriles is 1. The molecule has 4 N–H and O–H groups in total. The minimum atomic E-state index is -0.0691. The van der Waals surface area contributed by atoms with E-state index in [1.807, 2.05) is 30.3 Å². The molecule has 0 atom stereocenters. The number of fused-ring (bicyclic) bond motifs is 1. The summed E-state index contributed by atoms with van der Waals surface area (Å²) in [6, 6.07) is 9.41. The highest BCUT2D eigenvalue weighted by atomic mass is 32.2. The molecule has 0 saturated heterocycles. The second-order valence-corrected chi connectivity index (χ2v) is 6.46. The highest BCUT2D eigenvalue weighted by Gasteiger charge is 2.14. The third-order valence-corrected chi connectivity index (χ3v) is 4.68. The largest absolute Gasteiger partial charge is 0.510 e. The summed E-state index contributed by atoms with van der Waals surface area (Å²) in [5, 5.41) is 27.4.